The smallest absolute Gasteiger partial charge is 0.383 e. The van der Waals surface area contributed by atoms with E-state index in [1.807, 2.05) is 10.8 Å². The first-order chi connectivity index (χ1) is 16.5. The number of carbonyl (C=O) groups excluding carboxylic acids is 1. The molecule has 0 spiro atoms. The van der Waals surface area contributed by atoms with Gasteiger partial charge in [0.1, 0.15) is 0 Å². The van der Waals surface area contributed by atoms with E-state index in [1.54, 1.807) is 0 Å². The number of benzene rings is 1. The molecular formula is C25H33F3N4O2S. The summed E-state index contributed by atoms with van der Waals surface area (Å²) in [6.07, 6.45) is 1.42. The molecule has 192 valence electrons. The van der Waals surface area contributed by atoms with Gasteiger partial charge in [0, 0.05) is 36.0 Å². The van der Waals surface area contributed by atoms with Crippen molar-refractivity contribution in [3.05, 3.63) is 45.2 Å². The van der Waals surface area contributed by atoms with E-state index in [0.717, 1.165) is 49.2 Å². The first-order valence-corrected chi connectivity index (χ1v) is 12.9. The summed E-state index contributed by atoms with van der Waals surface area (Å²) in [5.74, 6) is -0.693. The fourth-order valence-electron chi connectivity index (χ4n) is 4.32. The second kappa shape index (κ2) is 10.4. The van der Waals surface area contributed by atoms with Crippen LogP contribution in [0.5, 0.6) is 0 Å². The lowest BCUT2D eigenvalue weighted by Crippen LogP contribution is -2.29. The van der Waals surface area contributed by atoms with Crippen LogP contribution < -0.4 is 15.4 Å². The van der Waals surface area contributed by atoms with Crippen LogP contribution in [0.3, 0.4) is 0 Å². The van der Waals surface area contributed by atoms with Crippen LogP contribution in [0.25, 0.3) is 0 Å². The van der Waals surface area contributed by atoms with Crippen molar-refractivity contribution in [1.29, 1.82) is 0 Å². The van der Waals surface area contributed by atoms with Crippen LogP contribution in [0.15, 0.2) is 29.4 Å². The Morgan fingerprint density at radius 2 is 2.06 bits per heavy atom. The predicted octanol–water partition coefficient (Wildman–Crippen LogP) is 4.95. The van der Waals surface area contributed by atoms with Crippen LogP contribution in [-0.2, 0) is 22.9 Å². The number of halogens is 3. The largest absolute Gasteiger partial charge is 0.416 e. The van der Waals surface area contributed by atoms with E-state index < -0.39 is 17.6 Å². The number of amides is 1. The number of nitrogens with zero attached hydrogens (tertiary/aromatic N) is 2. The molecule has 0 bridgehead atoms. The number of thiazole rings is 1. The number of ether oxygens (including phenoxy) is 1. The van der Waals surface area contributed by atoms with Crippen molar-refractivity contribution < 1.29 is 22.7 Å². The second-order valence-electron chi connectivity index (χ2n) is 10.3. The molecule has 0 saturated carbocycles. The van der Waals surface area contributed by atoms with Gasteiger partial charge in [-0.1, -0.05) is 20.8 Å². The predicted molar refractivity (Wildman–Crippen MR) is 131 cm³/mol. The van der Waals surface area contributed by atoms with Crippen LogP contribution in [-0.4, -0.2) is 42.3 Å². The van der Waals surface area contributed by atoms with Crippen LogP contribution in [0.4, 0.5) is 18.9 Å². The highest BCUT2D eigenvalue weighted by Gasteiger charge is 2.32. The zero-order chi connectivity index (χ0) is 25.2. The van der Waals surface area contributed by atoms with E-state index in [4.69, 9.17) is 4.74 Å². The lowest BCUT2D eigenvalue weighted by Gasteiger charge is -2.16. The van der Waals surface area contributed by atoms with Crippen LogP contribution in [0.2, 0.25) is 0 Å². The van der Waals surface area contributed by atoms with Crippen molar-refractivity contribution in [2.24, 2.45) is 4.99 Å². The first-order valence-electron chi connectivity index (χ1n) is 12.1. The average Bonchev–Trinajstić information content (AvgIpc) is 3.54. The maximum Gasteiger partial charge on any atom is 0.416 e. The third-order valence-corrected chi connectivity index (χ3v) is 7.81. The third kappa shape index (κ3) is 6.54. The highest BCUT2D eigenvalue weighted by Crippen LogP contribution is 2.32. The Kier molecular flexibility index (Phi) is 7.73. The van der Waals surface area contributed by atoms with E-state index >= 15 is 0 Å². The Balaban J connectivity index is 1.69. The Bertz CT molecular complexity index is 1110. The van der Waals surface area contributed by atoms with Gasteiger partial charge in [-0.05, 0) is 55.8 Å². The number of alkyl halides is 3. The van der Waals surface area contributed by atoms with Gasteiger partial charge in [0.2, 0.25) is 0 Å². The zero-order valence-electron chi connectivity index (χ0n) is 20.4. The van der Waals surface area contributed by atoms with Crippen molar-refractivity contribution in [2.75, 3.05) is 25.0 Å². The Morgan fingerprint density at radius 3 is 2.69 bits per heavy atom. The number of hydrogen-bond donors (Lipinski definition) is 2. The highest BCUT2D eigenvalue weighted by atomic mass is 32.1. The molecule has 2 fully saturated rings. The van der Waals surface area contributed by atoms with Gasteiger partial charge in [-0.25, -0.2) is 0 Å². The number of aromatic nitrogens is 1. The van der Waals surface area contributed by atoms with E-state index in [1.165, 1.54) is 17.4 Å². The molecule has 2 atom stereocenters. The molecule has 2 saturated heterocycles. The normalized spacial score (nSPS) is 21.6. The van der Waals surface area contributed by atoms with Crippen molar-refractivity contribution >= 4 is 22.9 Å². The monoisotopic (exact) mass is 510 g/mol. The topological polar surface area (TPSA) is 67.7 Å². The summed E-state index contributed by atoms with van der Waals surface area (Å²) >= 11 is 1.39. The van der Waals surface area contributed by atoms with E-state index in [-0.39, 0.29) is 23.1 Å². The lowest BCUT2D eigenvalue weighted by atomic mass is 9.95. The van der Waals surface area contributed by atoms with Crippen LogP contribution in [0.1, 0.15) is 67.3 Å². The molecule has 2 aliphatic heterocycles. The number of rotatable bonds is 6. The van der Waals surface area contributed by atoms with Crippen LogP contribution in [0, 0.1) is 0 Å². The fourth-order valence-corrected chi connectivity index (χ4v) is 5.37. The molecule has 35 heavy (non-hydrogen) atoms. The summed E-state index contributed by atoms with van der Waals surface area (Å²) in [4.78, 5) is 19.2. The van der Waals surface area contributed by atoms with Crippen molar-refractivity contribution in [2.45, 2.75) is 76.7 Å². The van der Waals surface area contributed by atoms with E-state index in [2.05, 4.69) is 36.4 Å². The van der Waals surface area contributed by atoms with Gasteiger partial charge in [0.05, 0.1) is 23.8 Å². The molecule has 0 unspecified atom stereocenters. The summed E-state index contributed by atoms with van der Waals surface area (Å²) in [7, 11) is 0. The van der Waals surface area contributed by atoms with Gasteiger partial charge in [-0.15, -0.1) is 11.3 Å². The number of carbonyl (C=O) groups is 1. The average molecular weight is 511 g/mol. The SMILES string of the molecule is CC(C)(C)c1cn(C[C@H]2CCCO2)/c(=N/C(=O)c2cc(C(F)(F)F)ccc2NC[C@@H]2CCCN2)s1. The number of hydrogen-bond acceptors (Lipinski definition) is 5. The zero-order valence-corrected chi connectivity index (χ0v) is 21.2. The summed E-state index contributed by atoms with van der Waals surface area (Å²) in [6.45, 7) is 8.94. The number of nitrogens with one attached hydrogen (secondary N) is 2. The molecule has 2 aromatic rings. The first kappa shape index (κ1) is 25.9. The molecule has 2 N–H and O–H groups in total. The van der Waals surface area contributed by atoms with Gasteiger partial charge in [0.25, 0.3) is 5.91 Å². The van der Waals surface area contributed by atoms with Crippen molar-refractivity contribution in [3.63, 3.8) is 0 Å². The second-order valence-corrected chi connectivity index (χ2v) is 11.3. The molecule has 0 aliphatic carbocycles. The molecule has 6 nitrogen and oxygen atoms in total. The van der Waals surface area contributed by atoms with Crippen molar-refractivity contribution in [1.82, 2.24) is 9.88 Å². The molecule has 10 heteroatoms. The summed E-state index contributed by atoms with van der Waals surface area (Å²) in [5.41, 5.74) is -0.739. The molecule has 0 radical (unpaired) electrons. The minimum Gasteiger partial charge on any atom is -0.383 e. The van der Waals surface area contributed by atoms with Gasteiger partial charge in [0.15, 0.2) is 4.80 Å². The third-order valence-electron chi connectivity index (χ3n) is 6.36. The maximum absolute atomic E-state index is 13.5. The van der Waals surface area contributed by atoms with E-state index in [0.29, 0.717) is 30.2 Å². The summed E-state index contributed by atoms with van der Waals surface area (Å²) in [5, 5.41) is 6.51. The lowest BCUT2D eigenvalue weighted by molar-refractivity contribution is -0.137. The summed E-state index contributed by atoms with van der Waals surface area (Å²) < 4.78 is 48.0. The maximum atomic E-state index is 13.5. The molecule has 1 amide bonds. The van der Waals surface area contributed by atoms with E-state index in [9.17, 15) is 18.0 Å². The minimum atomic E-state index is -4.55. The van der Waals surface area contributed by atoms with Crippen LogP contribution >= 0.6 is 11.3 Å². The quantitative estimate of drug-likeness (QED) is 0.577. The molecule has 1 aromatic carbocycles. The summed E-state index contributed by atoms with van der Waals surface area (Å²) in [6, 6.07) is 3.45. The fraction of sp³-hybridized carbons (Fsp3) is 0.600. The minimum absolute atomic E-state index is 0.0381. The molecule has 1 aromatic heterocycles. The Labute approximate surface area is 207 Å². The molecule has 3 heterocycles. The Hall–Kier alpha value is -2.17. The van der Waals surface area contributed by atoms with Crippen molar-refractivity contribution in [3.8, 4) is 0 Å². The molecule has 2 aliphatic rings. The Morgan fingerprint density at radius 1 is 1.26 bits per heavy atom. The highest BCUT2D eigenvalue weighted by molar-refractivity contribution is 7.09. The van der Waals surface area contributed by atoms with Gasteiger partial charge >= 0.3 is 6.18 Å². The molecule has 4 rings (SSSR count). The number of anilines is 1. The van der Waals surface area contributed by atoms with Gasteiger partial charge < -0.3 is 19.9 Å². The van der Waals surface area contributed by atoms with Gasteiger partial charge in [-0.3, -0.25) is 4.79 Å². The molecular weight excluding hydrogens is 477 g/mol. The standard InChI is InChI=1S/C25H33F3N4O2S/c1-24(2,3)21-15-32(14-18-7-5-11-34-18)23(35-21)31-22(33)19-12-16(25(26,27)28)8-9-20(19)30-13-17-6-4-10-29-17/h8-9,12,15,17-18,29-30H,4-7,10-11,13-14H2,1-3H3/b31-23-/t17-,18+/m0/s1. The van der Waals surface area contributed by atoms with Gasteiger partial charge in [-0.2, -0.15) is 18.2 Å².